The van der Waals surface area contributed by atoms with Gasteiger partial charge >= 0.3 is 0 Å². The van der Waals surface area contributed by atoms with E-state index in [0.29, 0.717) is 36.9 Å². The molecular weight excluding hydrogens is 429 g/mol. The molecule has 8 heteroatoms. The van der Waals surface area contributed by atoms with Gasteiger partial charge in [0.05, 0.1) is 5.69 Å². The fraction of sp³-hybridized carbons (Fsp3) is 0.600. The largest absolute Gasteiger partial charge is 0.381 e. The maximum atomic E-state index is 14.0. The van der Waals surface area contributed by atoms with E-state index < -0.39 is 23.9 Å². The molecule has 3 atom stereocenters. The summed E-state index contributed by atoms with van der Waals surface area (Å²) in [5.41, 5.74) is -0.561. The summed E-state index contributed by atoms with van der Waals surface area (Å²) in [6, 6.07) is 4.72. The van der Waals surface area contributed by atoms with Gasteiger partial charge in [-0.2, -0.15) is 0 Å². The van der Waals surface area contributed by atoms with E-state index in [-0.39, 0.29) is 22.7 Å². The molecule has 1 saturated carbocycles. The van der Waals surface area contributed by atoms with Crippen LogP contribution in [0.2, 0.25) is 0 Å². The lowest BCUT2D eigenvalue weighted by molar-refractivity contribution is -0.00455. The topological polar surface area (TPSA) is 50.3 Å². The van der Waals surface area contributed by atoms with Crippen molar-refractivity contribution < 1.29 is 20.6 Å². The Hall–Kier alpha value is -2.19. The molecule has 1 aromatic heterocycles. The van der Waals surface area contributed by atoms with Crippen molar-refractivity contribution in [2.24, 2.45) is 17.3 Å². The molecule has 5 nitrogen and oxygen atoms in total. The lowest BCUT2D eigenvalue weighted by Gasteiger charge is -2.39. The molecule has 33 heavy (non-hydrogen) atoms. The number of hydrogen-bond donors (Lipinski definition) is 1. The summed E-state index contributed by atoms with van der Waals surface area (Å²) >= 11 is 0. The third-order valence-corrected chi connectivity index (χ3v) is 7.56. The number of hydrogen-bond acceptors (Lipinski definition) is 5. The van der Waals surface area contributed by atoms with Crippen LogP contribution in [0.5, 0.6) is 0 Å². The number of benzene rings is 1. The predicted molar refractivity (Wildman–Crippen MR) is 120 cm³/mol. The molecule has 2 aliphatic heterocycles. The molecule has 0 bridgehead atoms. The Labute approximate surface area is 195 Å². The average molecular weight is 463 g/mol. The highest BCUT2D eigenvalue weighted by Gasteiger charge is 2.43. The maximum Gasteiger partial charge on any atom is 0.168 e. The van der Waals surface area contributed by atoms with Gasteiger partial charge in [-0.05, 0) is 67.6 Å². The van der Waals surface area contributed by atoms with Crippen molar-refractivity contribution in [2.75, 3.05) is 38.1 Å². The first-order valence-corrected chi connectivity index (χ1v) is 11.8. The monoisotopic (exact) mass is 462 g/mol. The van der Waals surface area contributed by atoms with Crippen LogP contribution in [-0.2, 0) is 4.74 Å². The highest BCUT2D eigenvalue weighted by atomic mass is 19.2. The molecule has 1 unspecified atom stereocenters. The summed E-state index contributed by atoms with van der Waals surface area (Å²) in [6.07, 6.45) is 4.14. The van der Waals surface area contributed by atoms with Crippen molar-refractivity contribution in [3.8, 4) is 11.3 Å². The predicted octanol–water partition coefficient (Wildman–Crippen LogP) is 4.89. The van der Waals surface area contributed by atoms with E-state index in [1.54, 1.807) is 6.07 Å². The van der Waals surface area contributed by atoms with E-state index in [0.717, 1.165) is 51.3 Å². The van der Waals surface area contributed by atoms with Gasteiger partial charge in [-0.25, -0.2) is 13.2 Å². The number of ether oxygens (including phenoxy) is 1. The summed E-state index contributed by atoms with van der Waals surface area (Å²) in [5.74, 6) is -1.95. The normalized spacial score (nSPS) is 28.3. The zero-order chi connectivity index (χ0) is 24.8. The zero-order valence-electron chi connectivity index (χ0n) is 20.8. The van der Waals surface area contributed by atoms with Gasteiger partial charge in [-0.1, -0.05) is 6.92 Å². The number of nitrogens with zero attached hydrogens (tertiary/aromatic N) is 3. The van der Waals surface area contributed by atoms with E-state index >= 15 is 0 Å². The Balaban J connectivity index is 1.21. The van der Waals surface area contributed by atoms with E-state index in [1.165, 1.54) is 6.07 Å². The lowest BCUT2D eigenvalue weighted by atomic mass is 9.77. The summed E-state index contributed by atoms with van der Waals surface area (Å²) < 4.78 is 64.7. The first-order chi connectivity index (χ1) is 16.7. The molecule has 178 valence electrons. The minimum atomic E-state index is -1.36. The van der Waals surface area contributed by atoms with Crippen LogP contribution in [0.15, 0.2) is 24.3 Å². The number of halogens is 3. The van der Waals surface area contributed by atoms with E-state index in [4.69, 9.17) is 7.48 Å². The van der Waals surface area contributed by atoms with E-state index in [1.807, 2.05) is 0 Å². The van der Waals surface area contributed by atoms with E-state index in [9.17, 15) is 13.2 Å². The van der Waals surface area contributed by atoms with Crippen LogP contribution in [0.25, 0.3) is 11.3 Å². The van der Waals surface area contributed by atoms with Crippen molar-refractivity contribution in [3.63, 3.8) is 0 Å². The SMILES string of the molecule is [2H]C([2H])(N1C[C@H]2CC(Nc3ccc(-c4cc(F)cc(F)c4F)nn3)C[C@H]2C1)C1(CC)CCOCC1. The fourth-order valence-electron chi connectivity index (χ4n) is 5.66. The molecule has 1 aliphatic carbocycles. The second-order valence-electron chi connectivity index (χ2n) is 9.65. The quantitative estimate of drug-likeness (QED) is 0.620. The van der Waals surface area contributed by atoms with Crippen LogP contribution in [-0.4, -0.2) is 53.9 Å². The van der Waals surface area contributed by atoms with Gasteiger partial charge in [0.1, 0.15) is 11.6 Å². The van der Waals surface area contributed by atoms with Crippen molar-refractivity contribution in [2.45, 2.75) is 45.1 Å². The van der Waals surface area contributed by atoms with Crippen molar-refractivity contribution in [1.82, 2.24) is 15.1 Å². The standard InChI is InChI=1S/C25H31F3N4O/c1-2-25(5-7-33-8-6-25)15-32-13-16-9-19(10-17(16)14-32)29-23-4-3-22(30-31-23)20-11-18(26)12-21(27)24(20)28/h3-4,11-12,16-17,19H,2,5-10,13-15H2,1H3,(H,29,31)/t16-,17+,19?/i15D2. The number of likely N-dealkylation sites (tertiary alicyclic amines) is 1. The summed E-state index contributed by atoms with van der Waals surface area (Å²) in [7, 11) is 0. The molecule has 5 rings (SSSR count). The second-order valence-corrected chi connectivity index (χ2v) is 9.65. The number of rotatable bonds is 6. The number of anilines is 1. The minimum Gasteiger partial charge on any atom is -0.381 e. The van der Waals surface area contributed by atoms with Crippen LogP contribution < -0.4 is 5.32 Å². The van der Waals surface area contributed by atoms with Gasteiger partial charge in [-0.3, -0.25) is 0 Å². The Bertz CT molecular complexity index is 1050. The van der Waals surface area contributed by atoms with Gasteiger partial charge in [0.25, 0.3) is 0 Å². The van der Waals surface area contributed by atoms with Crippen LogP contribution in [0.1, 0.15) is 41.8 Å². The number of aromatic nitrogens is 2. The molecule has 3 fully saturated rings. The summed E-state index contributed by atoms with van der Waals surface area (Å²) in [5, 5.41) is 11.4. The Kier molecular flexibility index (Phi) is 5.64. The molecule has 1 N–H and O–H groups in total. The molecular formula is C25H31F3N4O. The van der Waals surface area contributed by atoms with Crippen molar-refractivity contribution in [1.29, 1.82) is 0 Å². The first-order valence-electron chi connectivity index (χ1n) is 12.8. The lowest BCUT2D eigenvalue weighted by Crippen LogP contribution is -2.41. The molecule has 0 amide bonds. The van der Waals surface area contributed by atoms with Crippen molar-refractivity contribution in [3.05, 3.63) is 41.7 Å². The average Bonchev–Trinajstić information content (AvgIpc) is 3.41. The fourth-order valence-corrected chi connectivity index (χ4v) is 5.66. The molecule has 0 radical (unpaired) electrons. The Morgan fingerprint density at radius 1 is 1.12 bits per heavy atom. The Morgan fingerprint density at radius 3 is 2.48 bits per heavy atom. The van der Waals surface area contributed by atoms with Gasteiger partial charge < -0.3 is 15.0 Å². The molecule has 3 aliphatic rings. The summed E-state index contributed by atoms with van der Waals surface area (Å²) in [4.78, 5) is 2.06. The summed E-state index contributed by atoms with van der Waals surface area (Å²) in [6.45, 7) is 3.47. The van der Waals surface area contributed by atoms with Gasteiger partial charge in [0.15, 0.2) is 11.6 Å². The van der Waals surface area contributed by atoms with Gasteiger partial charge in [-0.15, -0.1) is 10.2 Å². The molecule has 2 saturated heterocycles. The van der Waals surface area contributed by atoms with Crippen LogP contribution in [0.4, 0.5) is 19.0 Å². The third-order valence-electron chi connectivity index (χ3n) is 7.56. The van der Waals surface area contributed by atoms with Crippen LogP contribution in [0.3, 0.4) is 0 Å². The molecule has 2 aromatic rings. The second kappa shape index (κ2) is 9.22. The van der Waals surface area contributed by atoms with Crippen LogP contribution in [0, 0.1) is 34.7 Å². The van der Waals surface area contributed by atoms with Gasteiger partial charge in [0.2, 0.25) is 0 Å². The van der Waals surface area contributed by atoms with Crippen molar-refractivity contribution >= 4 is 5.82 Å². The number of fused-ring (bicyclic) bond motifs is 1. The Morgan fingerprint density at radius 2 is 1.85 bits per heavy atom. The van der Waals surface area contributed by atoms with Crippen LogP contribution >= 0.6 is 0 Å². The minimum absolute atomic E-state index is 0.0607. The smallest absolute Gasteiger partial charge is 0.168 e. The van der Waals surface area contributed by atoms with Gasteiger partial charge in [0, 0.05) is 53.2 Å². The van der Waals surface area contributed by atoms with E-state index in [2.05, 4.69) is 27.3 Å². The third kappa shape index (κ3) is 4.73. The first kappa shape index (κ1) is 20.2. The zero-order valence-corrected chi connectivity index (χ0v) is 18.8. The maximum absolute atomic E-state index is 14.0. The number of nitrogens with one attached hydrogen (secondary N) is 1. The molecule has 1 aromatic carbocycles. The molecule has 0 spiro atoms. The molecule has 3 heterocycles. The highest BCUT2D eigenvalue weighted by molar-refractivity contribution is 5.60. The highest BCUT2D eigenvalue weighted by Crippen LogP contribution is 2.42.